The van der Waals surface area contributed by atoms with E-state index in [1.54, 1.807) is 6.08 Å². The minimum absolute atomic E-state index is 0.00978. The Morgan fingerprint density at radius 3 is 1.10 bits per heavy atom. The van der Waals surface area contributed by atoms with Gasteiger partial charge in [0.1, 0.15) is 24.4 Å². The summed E-state index contributed by atoms with van der Waals surface area (Å²) < 4.78 is 16.7. The molecule has 0 spiro atoms. The van der Waals surface area contributed by atoms with Crippen LogP contribution < -0.4 is 5.32 Å². The van der Waals surface area contributed by atoms with Crippen molar-refractivity contribution < 1.29 is 49.3 Å². The average Bonchev–Trinajstić information content (AvgIpc) is 0.848. The number of ether oxygens (including phenoxy) is 3. The number of amides is 1. The highest BCUT2D eigenvalue weighted by Crippen LogP contribution is 2.24. The number of aliphatic hydroxyl groups excluding tert-OH is 5. The van der Waals surface area contributed by atoms with Crippen LogP contribution in [0.3, 0.4) is 0 Å². The van der Waals surface area contributed by atoms with Gasteiger partial charge < -0.3 is 45.1 Å². The SMILES string of the molecule is CCCCCC/C=C\C/C=C\CCCCCCCCCC(=O)OCCCCCCCCCCCCCCCCCCCC/C=C\CCCCCCCCCCCCCCCCCCCC(=O)NC(COC1OC(CO)C(O)C(O)C1O)C(O)/C=C/CCCCCCCCC. The standard InChI is InChI=1S/C83H155NO10/c1-3-5-7-9-11-13-14-15-16-17-42-45-48-51-55-59-63-67-71-79(88)92-72-68-64-60-56-52-49-46-43-40-38-36-34-32-30-28-26-24-22-20-18-19-21-23-25-27-29-31-33-35-37-39-41-44-47-50-54-58-62-66-70-78(87)84-75(76(86)69-65-61-57-53-12-10-8-6-4-2)74-93-83-82(91)81(90)80(89)77(73-85)94-83/h13-14,16-19,65,69,75-77,80-83,85-86,89-91H,3-12,15,20-64,66-68,70-74H2,1-2H3,(H,84,87)/b14-13-,17-16-,19-18-,69-65+. The van der Waals surface area contributed by atoms with E-state index >= 15 is 0 Å². The van der Waals surface area contributed by atoms with E-state index in [-0.39, 0.29) is 18.5 Å². The number of allylic oxidation sites excluding steroid dienone is 7. The first kappa shape index (κ1) is 89.6. The largest absolute Gasteiger partial charge is 0.466 e. The van der Waals surface area contributed by atoms with E-state index in [0.717, 1.165) is 64.2 Å². The lowest BCUT2D eigenvalue weighted by Crippen LogP contribution is -2.60. The van der Waals surface area contributed by atoms with Gasteiger partial charge in [-0.15, -0.1) is 0 Å². The zero-order chi connectivity index (χ0) is 67.9. The van der Waals surface area contributed by atoms with Crippen LogP contribution in [0.25, 0.3) is 0 Å². The highest BCUT2D eigenvalue weighted by molar-refractivity contribution is 5.76. The van der Waals surface area contributed by atoms with Crippen molar-refractivity contribution in [2.24, 2.45) is 0 Å². The molecule has 11 heteroatoms. The molecule has 1 heterocycles. The Kier molecular flexibility index (Phi) is 68.5. The number of carbonyl (C=O) groups is 2. The molecule has 1 fully saturated rings. The van der Waals surface area contributed by atoms with Crippen LogP contribution in [-0.4, -0.2) is 100 Å². The summed E-state index contributed by atoms with van der Waals surface area (Å²) in [6.07, 6.45) is 86.0. The molecule has 552 valence electrons. The monoisotopic (exact) mass is 1330 g/mol. The van der Waals surface area contributed by atoms with Crippen LogP contribution in [0.5, 0.6) is 0 Å². The molecule has 1 saturated heterocycles. The Bertz CT molecular complexity index is 1700. The van der Waals surface area contributed by atoms with E-state index < -0.39 is 49.5 Å². The smallest absolute Gasteiger partial charge is 0.305 e. The third kappa shape index (κ3) is 59.7. The zero-order valence-electron chi connectivity index (χ0n) is 61.7. The van der Waals surface area contributed by atoms with Crippen molar-refractivity contribution in [3.05, 3.63) is 48.6 Å². The fourth-order valence-corrected chi connectivity index (χ4v) is 13.0. The molecule has 0 bridgehead atoms. The van der Waals surface area contributed by atoms with Crippen LogP contribution in [0.2, 0.25) is 0 Å². The Morgan fingerprint density at radius 1 is 0.394 bits per heavy atom. The van der Waals surface area contributed by atoms with Crippen molar-refractivity contribution in [1.82, 2.24) is 5.32 Å². The third-order valence-corrected chi connectivity index (χ3v) is 19.4. The second-order valence-electron chi connectivity index (χ2n) is 28.5. The third-order valence-electron chi connectivity index (χ3n) is 19.4. The van der Waals surface area contributed by atoms with Crippen LogP contribution in [0.15, 0.2) is 48.6 Å². The molecule has 0 aromatic carbocycles. The van der Waals surface area contributed by atoms with Gasteiger partial charge >= 0.3 is 5.97 Å². The first-order chi connectivity index (χ1) is 46.2. The zero-order valence-corrected chi connectivity index (χ0v) is 61.7. The molecule has 1 amide bonds. The number of unbranched alkanes of at least 4 members (excludes halogenated alkanes) is 53. The lowest BCUT2D eigenvalue weighted by atomic mass is 9.99. The quantitative estimate of drug-likeness (QED) is 0.0195. The van der Waals surface area contributed by atoms with Gasteiger partial charge in [0.15, 0.2) is 6.29 Å². The summed E-state index contributed by atoms with van der Waals surface area (Å²) >= 11 is 0. The van der Waals surface area contributed by atoms with Crippen LogP contribution >= 0.6 is 0 Å². The van der Waals surface area contributed by atoms with Crippen LogP contribution in [-0.2, 0) is 23.8 Å². The van der Waals surface area contributed by atoms with Crippen molar-refractivity contribution in [2.75, 3.05) is 19.8 Å². The number of nitrogens with one attached hydrogen (secondary N) is 1. The molecule has 0 aromatic heterocycles. The molecule has 6 N–H and O–H groups in total. The summed E-state index contributed by atoms with van der Waals surface area (Å²) in [5.74, 6) is -0.168. The fourth-order valence-electron chi connectivity index (χ4n) is 13.0. The number of carbonyl (C=O) groups excluding carboxylic acids is 2. The Balaban J connectivity index is 1.84. The summed E-state index contributed by atoms with van der Waals surface area (Å²) in [4.78, 5) is 25.2. The molecular weight excluding hydrogens is 1170 g/mol. The molecule has 7 unspecified atom stereocenters. The van der Waals surface area contributed by atoms with Crippen molar-refractivity contribution in [2.45, 2.75) is 448 Å². The second-order valence-corrected chi connectivity index (χ2v) is 28.5. The molecule has 7 atom stereocenters. The maximum Gasteiger partial charge on any atom is 0.305 e. The van der Waals surface area contributed by atoms with Gasteiger partial charge in [-0.2, -0.15) is 0 Å². The molecule has 1 aliphatic heterocycles. The van der Waals surface area contributed by atoms with Gasteiger partial charge in [-0.1, -0.05) is 351 Å². The number of aliphatic hydroxyl groups is 5. The predicted octanol–water partition coefficient (Wildman–Crippen LogP) is 22.3. The average molecular weight is 1330 g/mol. The maximum atomic E-state index is 13.0. The van der Waals surface area contributed by atoms with Crippen LogP contribution in [0.4, 0.5) is 0 Å². The Morgan fingerprint density at radius 2 is 0.713 bits per heavy atom. The van der Waals surface area contributed by atoms with Gasteiger partial charge in [-0.05, 0) is 89.9 Å². The maximum absolute atomic E-state index is 13.0. The summed E-state index contributed by atoms with van der Waals surface area (Å²) in [7, 11) is 0. The topological polar surface area (TPSA) is 175 Å². The summed E-state index contributed by atoms with van der Waals surface area (Å²) in [5.41, 5.74) is 0. The molecule has 0 saturated carbocycles. The van der Waals surface area contributed by atoms with Gasteiger partial charge in [-0.3, -0.25) is 9.59 Å². The lowest BCUT2D eigenvalue weighted by molar-refractivity contribution is -0.302. The lowest BCUT2D eigenvalue weighted by Gasteiger charge is -2.40. The second kappa shape index (κ2) is 71.9. The van der Waals surface area contributed by atoms with Gasteiger partial charge in [0.25, 0.3) is 0 Å². The van der Waals surface area contributed by atoms with Crippen LogP contribution in [0.1, 0.15) is 406 Å². The van der Waals surface area contributed by atoms with Crippen molar-refractivity contribution in [1.29, 1.82) is 0 Å². The Labute approximate surface area is 580 Å². The molecule has 1 aliphatic rings. The molecule has 94 heavy (non-hydrogen) atoms. The summed E-state index contributed by atoms with van der Waals surface area (Å²) in [6.45, 7) is 4.34. The highest BCUT2D eigenvalue weighted by Gasteiger charge is 2.44. The van der Waals surface area contributed by atoms with Crippen LogP contribution in [0, 0.1) is 0 Å². The van der Waals surface area contributed by atoms with E-state index in [1.165, 1.54) is 315 Å². The van der Waals surface area contributed by atoms with Gasteiger partial charge in [0.2, 0.25) is 5.91 Å². The molecule has 0 aliphatic carbocycles. The first-order valence-electron chi connectivity index (χ1n) is 40.9. The predicted molar refractivity (Wildman–Crippen MR) is 398 cm³/mol. The molecule has 1 rings (SSSR count). The first-order valence-corrected chi connectivity index (χ1v) is 40.9. The van der Waals surface area contributed by atoms with Gasteiger partial charge in [0.05, 0.1) is 32.0 Å². The molecule has 11 nitrogen and oxygen atoms in total. The number of hydrogen-bond acceptors (Lipinski definition) is 10. The fraction of sp³-hybridized carbons (Fsp3) is 0.880. The number of esters is 1. The van der Waals surface area contributed by atoms with Gasteiger partial charge in [0, 0.05) is 12.8 Å². The minimum Gasteiger partial charge on any atom is -0.466 e. The van der Waals surface area contributed by atoms with E-state index in [9.17, 15) is 35.1 Å². The normalized spacial score (nSPS) is 17.6. The molecular formula is C83H155NO10. The molecule has 0 aromatic rings. The summed E-state index contributed by atoms with van der Waals surface area (Å²) in [5, 5.41) is 54.4. The molecule has 0 radical (unpaired) electrons. The van der Waals surface area contributed by atoms with E-state index in [1.807, 2.05) is 6.08 Å². The van der Waals surface area contributed by atoms with Crippen molar-refractivity contribution in [3.63, 3.8) is 0 Å². The van der Waals surface area contributed by atoms with Crippen molar-refractivity contribution in [3.8, 4) is 0 Å². The van der Waals surface area contributed by atoms with E-state index in [0.29, 0.717) is 19.4 Å². The number of rotatable bonds is 73. The van der Waals surface area contributed by atoms with Crippen molar-refractivity contribution >= 4 is 11.9 Å². The van der Waals surface area contributed by atoms with E-state index in [2.05, 4.69) is 55.6 Å². The van der Waals surface area contributed by atoms with E-state index in [4.69, 9.17) is 14.2 Å². The van der Waals surface area contributed by atoms with Gasteiger partial charge in [-0.25, -0.2) is 0 Å². The highest BCUT2D eigenvalue weighted by atomic mass is 16.7. The Hall–Kier alpha value is -2.38. The minimum atomic E-state index is -1.57. The number of hydrogen-bond donors (Lipinski definition) is 6. The summed E-state index contributed by atoms with van der Waals surface area (Å²) in [6, 6.07) is -0.805.